The average molecular weight is 333 g/mol. The summed E-state index contributed by atoms with van der Waals surface area (Å²) in [4.78, 5) is 22.2. The van der Waals surface area contributed by atoms with Crippen LogP contribution in [0.25, 0.3) is 0 Å². The third kappa shape index (κ3) is 3.84. The number of carbonyl (C=O) groups is 1. The molecule has 1 fully saturated rings. The van der Waals surface area contributed by atoms with E-state index >= 15 is 0 Å². The first kappa shape index (κ1) is 16.0. The molecule has 1 amide bonds. The molecule has 8 heteroatoms. The van der Waals surface area contributed by atoms with E-state index in [9.17, 15) is 20.0 Å². The summed E-state index contributed by atoms with van der Waals surface area (Å²) >= 11 is 11.7. The largest absolute Gasteiger partial charge is 0.393 e. The monoisotopic (exact) mass is 332 g/mol. The highest BCUT2D eigenvalue weighted by atomic mass is 35.5. The zero-order valence-electron chi connectivity index (χ0n) is 11.0. The third-order valence-electron chi connectivity index (χ3n) is 3.53. The first-order valence-electron chi connectivity index (χ1n) is 6.48. The number of aliphatic hydroxyl groups is 1. The summed E-state index contributed by atoms with van der Waals surface area (Å²) < 4.78 is 0. The number of benzene rings is 1. The van der Waals surface area contributed by atoms with E-state index in [4.69, 9.17) is 23.2 Å². The van der Waals surface area contributed by atoms with Crippen molar-refractivity contribution in [3.8, 4) is 0 Å². The van der Waals surface area contributed by atoms with Crippen LogP contribution >= 0.6 is 23.2 Å². The van der Waals surface area contributed by atoms with Gasteiger partial charge >= 0.3 is 0 Å². The second-order valence-corrected chi connectivity index (χ2v) is 5.87. The molecule has 0 saturated heterocycles. The number of nitro groups is 1. The summed E-state index contributed by atoms with van der Waals surface area (Å²) in [7, 11) is 0. The van der Waals surface area contributed by atoms with Crippen molar-refractivity contribution in [1.82, 2.24) is 5.32 Å². The van der Waals surface area contributed by atoms with Gasteiger partial charge in [-0.15, -0.1) is 0 Å². The molecule has 114 valence electrons. The van der Waals surface area contributed by atoms with E-state index in [0.29, 0.717) is 13.0 Å². The standard InChI is InChI=1S/C13H14Cl2N2O4/c14-11-5-8(17(20)21)4-10(12(11)15)13(19)16-6-7-1-2-9(18)3-7/h4-5,7,9,18H,1-3,6H2,(H,16,19). The van der Waals surface area contributed by atoms with Gasteiger partial charge < -0.3 is 10.4 Å². The summed E-state index contributed by atoms with van der Waals surface area (Å²) in [5.74, 6) is -0.302. The van der Waals surface area contributed by atoms with Crippen molar-refractivity contribution in [2.75, 3.05) is 6.54 Å². The number of carbonyl (C=O) groups excluding carboxylic acids is 1. The van der Waals surface area contributed by atoms with Crippen molar-refractivity contribution >= 4 is 34.8 Å². The summed E-state index contributed by atoms with van der Waals surface area (Å²) in [6, 6.07) is 2.21. The van der Waals surface area contributed by atoms with Crippen LogP contribution in [0.5, 0.6) is 0 Å². The SMILES string of the molecule is O=C(NCC1CCC(O)C1)c1cc([N+](=O)[O-])cc(Cl)c1Cl. The van der Waals surface area contributed by atoms with Crippen LogP contribution < -0.4 is 5.32 Å². The Kier molecular flexibility index (Phi) is 5.03. The first-order valence-corrected chi connectivity index (χ1v) is 7.23. The predicted octanol–water partition coefficient (Wildman–Crippen LogP) is 2.79. The summed E-state index contributed by atoms with van der Waals surface area (Å²) in [5, 5.41) is 22.9. The minimum Gasteiger partial charge on any atom is -0.393 e. The average Bonchev–Trinajstić information content (AvgIpc) is 2.84. The highest BCUT2D eigenvalue weighted by molar-refractivity contribution is 6.44. The molecule has 1 aromatic rings. The van der Waals surface area contributed by atoms with Crippen LogP contribution in [0, 0.1) is 16.0 Å². The fourth-order valence-electron chi connectivity index (χ4n) is 2.41. The topological polar surface area (TPSA) is 92.5 Å². The number of non-ortho nitro benzene ring substituents is 1. The lowest BCUT2D eigenvalue weighted by atomic mass is 10.1. The molecule has 0 heterocycles. The van der Waals surface area contributed by atoms with Crippen molar-refractivity contribution in [1.29, 1.82) is 0 Å². The molecule has 21 heavy (non-hydrogen) atoms. The van der Waals surface area contributed by atoms with Crippen molar-refractivity contribution in [2.45, 2.75) is 25.4 Å². The lowest BCUT2D eigenvalue weighted by molar-refractivity contribution is -0.384. The van der Waals surface area contributed by atoms with Gasteiger partial charge in [0.25, 0.3) is 11.6 Å². The molecule has 0 aromatic heterocycles. The minimum atomic E-state index is -0.633. The summed E-state index contributed by atoms with van der Waals surface area (Å²) in [6.07, 6.45) is 1.89. The van der Waals surface area contributed by atoms with Gasteiger partial charge in [-0.05, 0) is 25.2 Å². The molecule has 0 aliphatic heterocycles. The van der Waals surface area contributed by atoms with E-state index in [1.165, 1.54) is 0 Å². The zero-order chi connectivity index (χ0) is 15.6. The number of nitrogens with one attached hydrogen (secondary N) is 1. The van der Waals surface area contributed by atoms with Crippen LogP contribution in [0.15, 0.2) is 12.1 Å². The Morgan fingerprint density at radius 2 is 2.14 bits per heavy atom. The van der Waals surface area contributed by atoms with Gasteiger partial charge in [0.2, 0.25) is 0 Å². The number of hydrogen-bond donors (Lipinski definition) is 2. The van der Waals surface area contributed by atoms with Crippen molar-refractivity contribution in [3.05, 3.63) is 37.9 Å². The molecule has 1 aliphatic carbocycles. The minimum absolute atomic E-state index is 0.00813. The molecule has 2 atom stereocenters. The van der Waals surface area contributed by atoms with E-state index in [1.54, 1.807) is 0 Å². The number of aliphatic hydroxyl groups excluding tert-OH is 1. The maximum Gasteiger partial charge on any atom is 0.271 e. The first-order chi connectivity index (χ1) is 9.88. The molecule has 6 nitrogen and oxygen atoms in total. The molecule has 1 aromatic carbocycles. The lowest BCUT2D eigenvalue weighted by Gasteiger charge is -2.12. The van der Waals surface area contributed by atoms with E-state index in [0.717, 1.165) is 25.0 Å². The Hall–Kier alpha value is -1.37. The summed E-state index contributed by atoms with van der Waals surface area (Å²) in [5.41, 5.74) is -0.305. The predicted molar refractivity (Wildman–Crippen MR) is 78.8 cm³/mol. The fourth-order valence-corrected chi connectivity index (χ4v) is 2.82. The van der Waals surface area contributed by atoms with E-state index in [1.807, 2.05) is 0 Å². The Bertz CT molecular complexity index is 580. The highest BCUT2D eigenvalue weighted by Crippen LogP contribution is 2.31. The van der Waals surface area contributed by atoms with Crippen LogP contribution in [-0.4, -0.2) is 28.6 Å². The molecular weight excluding hydrogens is 319 g/mol. The van der Waals surface area contributed by atoms with Gasteiger partial charge in [0.05, 0.1) is 26.6 Å². The van der Waals surface area contributed by atoms with Gasteiger partial charge in [0.15, 0.2) is 0 Å². The van der Waals surface area contributed by atoms with Crippen molar-refractivity contribution < 1.29 is 14.8 Å². The van der Waals surface area contributed by atoms with E-state index in [-0.39, 0.29) is 33.3 Å². The Balaban J connectivity index is 2.09. The fraction of sp³-hybridized carbons (Fsp3) is 0.462. The molecule has 2 unspecified atom stereocenters. The molecule has 1 aliphatic rings. The van der Waals surface area contributed by atoms with Gasteiger partial charge in [0.1, 0.15) is 0 Å². The maximum atomic E-state index is 12.1. The molecular formula is C13H14Cl2N2O4. The van der Waals surface area contributed by atoms with Gasteiger partial charge in [0, 0.05) is 18.7 Å². The number of halogens is 2. The van der Waals surface area contributed by atoms with Crippen LogP contribution in [0.3, 0.4) is 0 Å². The number of rotatable bonds is 4. The van der Waals surface area contributed by atoms with Crippen LogP contribution in [-0.2, 0) is 0 Å². The second-order valence-electron chi connectivity index (χ2n) is 5.09. The number of amides is 1. The molecule has 2 rings (SSSR count). The molecule has 1 saturated carbocycles. The van der Waals surface area contributed by atoms with Crippen LogP contribution in [0.2, 0.25) is 10.0 Å². The van der Waals surface area contributed by atoms with Crippen LogP contribution in [0.1, 0.15) is 29.6 Å². The maximum absolute atomic E-state index is 12.1. The van der Waals surface area contributed by atoms with Gasteiger partial charge in [-0.3, -0.25) is 14.9 Å². The molecule has 0 bridgehead atoms. The normalized spacial score (nSPS) is 21.3. The molecule has 2 N–H and O–H groups in total. The molecule has 0 spiro atoms. The Labute approximate surface area is 131 Å². The number of hydrogen-bond acceptors (Lipinski definition) is 4. The smallest absolute Gasteiger partial charge is 0.271 e. The van der Waals surface area contributed by atoms with E-state index in [2.05, 4.69) is 5.32 Å². The second kappa shape index (κ2) is 6.60. The lowest BCUT2D eigenvalue weighted by Crippen LogP contribution is -2.29. The quantitative estimate of drug-likeness (QED) is 0.654. The Morgan fingerprint density at radius 3 is 2.71 bits per heavy atom. The summed E-state index contributed by atoms with van der Waals surface area (Å²) in [6.45, 7) is 0.395. The van der Waals surface area contributed by atoms with Gasteiger partial charge in [-0.25, -0.2) is 0 Å². The van der Waals surface area contributed by atoms with E-state index < -0.39 is 10.8 Å². The zero-order valence-corrected chi connectivity index (χ0v) is 12.5. The molecule has 0 radical (unpaired) electrons. The highest BCUT2D eigenvalue weighted by Gasteiger charge is 2.24. The third-order valence-corrected chi connectivity index (χ3v) is 4.34. The number of nitro benzene ring substituents is 1. The van der Waals surface area contributed by atoms with Gasteiger partial charge in [-0.2, -0.15) is 0 Å². The van der Waals surface area contributed by atoms with Crippen molar-refractivity contribution in [2.24, 2.45) is 5.92 Å². The van der Waals surface area contributed by atoms with Crippen molar-refractivity contribution in [3.63, 3.8) is 0 Å². The number of nitrogens with zero attached hydrogens (tertiary/aromatic N) is 1. The van der Waals surface area contributed by atoms with Gasteiger partial charge in [-0.1, -0.05) is 23.2 Å². The Morgan fingerprint density at radius 1 is 1.43 bits per heavy atom. The van der Waals surface area contributed by atoms with Crippen LogP contribution in [0.4, 0.5) is 5.69 Å².